The number of fused-ring (bicyclic) bond motifs is 2. The van der Waals surface area contributed by atoms with Crippen molar-refractivity contribution in [2.75, 3.05) is 20.8 Å². The maximum atomic E-state index is 12.8. The van der Waals surface area contributed by atoms with Crippen molar-refractivity contribution in [3.63, 3.8) is 0 Å². The summed E-state index contributed by atoms with van der Waals surface area (Å²) in [6.07, 6.45) is 2.57. The normalized spacial score (nSPS) is 23.7. The van der Waals surface area contributed by atoms with Gasteiger partial charge in [-0.1, -0.05) is 12.2 Å². The van der Waals surface area contributed by atoms with Crippen molar-refractivity contribution in [1.82, 2.24) is 4.90 Å². The van der Waals surface area contributed by atoms with E-state index in [1.54, 1.807) is 26.4 Å². The number of hydrogen-bond donors (Lipinski definition) is 0. The number of aliphatic imine (C=N–C) groups is 1. The van der Waals surface area contributed by atoms with E-state index in [1.807, 2.05) is 18.0 Å². The summed E-state index contributed by atoms with van der Waals surface area (Å²) in [7, 11) is 3.12. The van der Waals surface area contributed by atoms with Crippen LogP contribution in [-0.2, 0) is 0 Å². The van der Waals surface area contributed by atoms with Crippen LogP contribution in [0.5, 0.6) is 11.5 Å². The van der Waals surface area contributed by atoms with E-state index in [1.165, 1.54) is 0 Å². The molecule has 0 N–H and O–H groups in total. The summed E-state index contributed by atoms with van der Waals surface area (Å²) in [4.78, 5) is 19.2. The van der Waals surface area contributed by atoms with Gasteiger partial charge >= 0.3 is 0 Å². The molecule has 2 heterocycles. The zero-order valence-electron chi connectivity index (χ0n) is 12.5. The molecule has 0 aliphatic carbocycles. The Kier molecular flexibility index (Phi) is 3.01. The smallest absolute Gasteiger partial charge is 0.257 e. The minimum Gasteiger partial charge on any atom is -0.493 e. The molecule has 1 unspecified atom stereocenters. The van der Waals surface area contributed by atoms with E-state index in [2.05, 4.69) is 11.6 Å². The van der Waals surface area contributed by atoms with Crippen LogP contribution >= 0.6 is 0 Å². The Hall–Kier alpha value is -2.30. The van der Waals surface area contributed by atoms with Gasteiger partial charge in [-0.2, -0.15) is 0 Å². The van der Waals surface area contributed by atoms with E-state index >= 15 is 0 Å². The highest BCUT2D eigenvalue weighted by molar-refractivity contribution is 6.04. The Morgan fingerprint density at radius 1 is 1.29 bits per heavy atom. The summed E-state index contributed by atoms with van der Waals surface area (Å²) in [5.41, 5.74) is 1.77. The van der Waals surface area contributed by atoms with Crippen LogP contribution in [0.4, 0.5) is 5.69 Å². The van der Waals surface area contributed by atoms with Crippen molar-refractivity contribution in [1.29, 1.82) is 0 Å². The van der Waals surface area contributed by atoms with Crippen LogP contribution in [0.25, 0.3) is 0 Å². The molecule has 21 heavy (non-hydrogen) atoms. The fourth-order valence-corrected chi connectivity index (χ4v) is 2.98. The Bertz CT molecular complexity index is 666. The molecule has 2 aliphatic heterocycles. The Labute approximate surface area is 123 Å². The van der Waals surface area contributed by atoms with Crippen molar-refractivity contribution < 1.29 is 14.3 Å². The molecule has 110 valence electrons. The lowest BCUT2D eigenvalue weighted by atomic mass is 9.99. The molecule has 0 saturated carbocycles. The first-order valence-corrected chi connectivity index (χ1v) is 6.78. The number of methoxy groups -OCH3 is 2. The molecule has 0 spiro atoms. The number of ether oxygens (including phenoxy) is 2. The van der Waals surface area contributed by atoms with E-state index in [9.17, 15) is 4.79 Å². The molecule has 2 aliphatic rings. The first-order valence-electron chi connectivity index (χ1n) is 6.78. The molecule has 1 aromatic carbocycles. The average Bonchev–Trinajstić information content (AvgIpc) is 2.74. The lowest BCUT2D eigenvalue weighted by Gasteiger charge is -2.29. The number of hydrogen-bond acceptors (Lipinski definition) is 4. The van der Waals surface area contributed by atoms with Crippen molar-refractivity contribution in [3.05, 3.63) is 29.8 Å². The molecule has 3 rings (SSSR count). The average molecular weight is 286 g/mol. The van der Waals surface area contributed by atoms with Crippen molar-refractivity contribution in [2.45, 2.75) is 18.9 Å². The maximum Gasteiger partial charge on any atom is 0.257 e. The van der Waals surface area contributed by atoms with Crippen LogP contribution in [0.2, 0.25) is 0 Å². The summed E-state index contributed by atoms with van der Waals surface area (Å²) in [6.45, 7) is 6.58. The van der Waals surface area contributed by atoms with Gasteiger partial charge < -0.3 is 14.4 Å². The maximum absolute atomic E-state index is 12.8. The lowest BCUT2D eigenvalue weighted by molar-refractivity contribution is 0.0714. The Morgan fingerprint density at radius 2 is 1.95 bits per heavy atom. The van der Waals surface area contributed by atoms with Gasteiger partial charge in [-0.25, -0.2) is 0 Å². The third-order valence-corrected chi connectivity index (χ3v) is 4.07. The van der Waals surface area contributed by atoms with Gasteiger partial charge in [0.05, 0.1) is 31.0 Å². The van der Waals surface area contributed by atoms with Crippen molar-refractivity contribution >= 4 is 17.8 Å². The predicted molar refractivity (Wildman–Crippen MR) is 80.9 cm³/mol. The van der Waals surface area contributed by atoms with Crippen LogP contribution in [0, 0.1) is 0 Å². The molecule has 5 heteroatoms. The Morgan fingerprint density at radius 3 is 2.62 bits per heavy atom. The van der Waals surface area contributed by atoms with Gasteiger partial charge in [0.2, 0.25) is 0 Å². The fourth-order valence-electron chi connectivity index (χ4n) is 2.98. The zero-order chi connectivity index (χ0) is 15.2. The summed E-state index contributed by atoms with van der Waals surface area (Å²) in [5, 5.41) is 0. The van der Waals surface area contributed by atoms with Gasteiger partial charge in [-0.05, 0) is 19.4 Å². The van der Waals surface area contributed by atoms with Gasteiger partial charge in [0.15, 0.2) is 11.5 Å². The topological polar surface area (TPSA) is 51.1 Å². The molecule has 0 aromatic heterocycles. The highest BCUT2D eigenvalue weighted by Crippen LogP contribution is 2.40. The molecule has 1 saturated heterocycles. The quantitative estimate of drug-likeness (QED) is 0.785. The number of amides is 1. The predicted octanol–water partition coefficient (Wildman–Crippen LogP) is 2.58. The van der Waals surface area contributed by atoms with E-state index < -0.39 is 5.54 Å². The number of carbonyl (C=O) groups is 1. The van der Waals surface area contributed by atoms with E-state index in [0.717, 1.165) is 12.0 Å². The van der Waals surface area contributed by atoms with E-state index in [-0.39, 0.29) is 5.91 Å². The summed E-state index contributed by atoms with van der Waals surface area (Å²) in [6, 6.07) is 3.43. The zero-order valence-corrected chi connectivity index (χ0v) is 12.5. The Balaban J connectivity index is 2.15. The molecule has 1 fully saturated rings. The lowest BCUT2D eigenvalue weighted by Crippen LogP contribution is -2.45. The fraction of sp³-hybridized carbons (Fsp3) is 0.375. The van der Waals surface area contributed by atoms with Crippen LogP contribution in [0.3, 0.4) is 0 Å². The van der Waals surface area contributed by atoms with Crippen LogP contribution in [0.15, 0.2) is 29.3 Å². The first-order chi connectivity index (χ1) is 9.98. The third-order valence-electron chi connectivity index (χ3n) is 4.07. The minimum atomic E-state index is -0.409. The molecular formula is C16H18N2O3. The molecule has 1 atom stereocenters. The van der Waals surface area contributed by atoms with Gasteiger partial charge in [-0.15, -0.1) is 0 Å². The monoisotopic (exact) mass is 286 g/mol. The molecular weight excluding hydrogens is 268 g/mol. The van der Waals surface area contributed by atoms with Gasteiger partial charge in [0.1, 0.15) is 0 Å². The molecule has 5 nitrogen and oxygen atoms in total. The van der Waals surface area contributed by atoms with Gasteiger partial charge in [0, 0.05) is 18.8 Å². The van der Waals surface area contributed by atoms with Crippen LogP contribution < -0.4 is 9.47 Å². The highest BCUT2D eigenvalue weighted by atomic mass is 16.5. The third kappa shape index (κ3) is 2.00. The minimum absolute atomic E-state index is 0.0513. The number of nitrogens with zero attached hydrogens (tertiary/aromatic N) is 2. The van der Waals surface area contributed by atoms with Crippen molar-refractivity contribution in [3.8, 4) is 11.5 Å². The summed E-state index contributed by atoms with van der Waals surface area (Å²) < 4.78 is 10.6. The van der Waals surface area contributed by atoms with Gasteiger partial charge in [0.25, 0.3) is 5.91 Å². The van der Waals surface area contributed by atoms with E-state index in [0.29, 0.717) is 29.3 Å². The second-order valence-corrected chi connectivity index (χ2v) is 5.66. The first kappa shape index (κ1) is 13.7. The van der Waals surface area contributed by atoms with Crippen LogP contribution in [-0.4, -0.2) is 43.3 Å². The molecule has 1 amide bonds. The van der Waals surface area contributed by atoms with Crippen molar-refractivity contribution in [2.24, 2.45) is 4.99 Å². The number of benzene rings is 1. The number of carbonyl (C=O) groups excluding carboxylic acids is 1. The molecule has 0 radical (unpaired) electrons. The second kappa shape index (κ2) is 4.62. The largest absolute Gasteiger partial charge is 0.493 e. The van der Waals surface area contributed by atoms with E-state index in [4.69, 9.17) is 9.47 Å². The summed E-state index contributed by atoms with van der Waals surface area (Å²) in [5.74, 6) is 1.05. The van der Waals surface area contributed by atoms with Gasteiger partial charge in [-0.3, -0.25) is 9.79 Å². The standard InChI is InChI=1S/C16H18N2O3/c1-10-7-16(2)9-17-12-6-14(21-4)13(20-3)5-11(12)15(19)18(16)8-10/h5-6,9H,1,7-8H2,2-4H3. The SMILES string of the molecule is C=C1CN2C(=O)c3cc(OC)c(OC)cc3N=CC2(C)C1. The number of rotatable bonds is 2. The second-order valence-electron chi connectivity index (χ2n) is 5.66. The molecule has 1 aromatic rings. The highest BCUT2D eigenvalue weighted by Gasteiger charge is 2.42. The van der Waals surface area contributed by atoms with Crippen LogP contribution in [0.1, 0.15) is 23.7 Å². The molecule has 0 bridgehead atoms. The summed E-state index contributed by atoms with van der Waals surface area (Å²) >= 11 is 0.